The largest absolute Gasteiger partial charge is 0.338 e. The number of nitrogens with one attached hydrogen (secondary N) is 1. The summed E-state index contributed by atoms with van der Waals surface area (Å²) in [7, 11) is 0. The van der Waals surface area contributed by atoms with Crippen LogP contribution in [0.1, 0.15) is 34.3 Å². The molecule has 6 heteroatoms. The monoisotopic (exact) mass is 441 g/mol. The number of fused-ring (bicyclic) bond motifs is 1. The number of rotatable bonds is 5. The summed E-state index contributed by atoms with van der Waals surface area (Å²) in [6, 6.07) is 21.5. The summed E-state index contributed by atoms with van der Waals surface area (Å²) in [5.41, 5.74) is 5.62. The summed E-state index contributed by atoms with van der Waals surface area (Å²) in [5, 5.41) is 3.92. The van der Waals surface area contributed by atoms with Crippen LogP contribution < -0.4 is 5.32 Å². The van der Waals surface area contributed by atoms with E-state index in [0.717, 1.165) is 40.3 Å². The molecule has 0 saturated carbocycles. The van der Waals surface area contributed by atoms with Gasteiger partial charge < -0.3 is 10.2 Å². The number of anilines is 1. The van der Waals surface area contributed by atoms with Crippen LogP contribution in [0.5, 0.6) is 0 Å². The fraction of sp³-hybridized carbons (Fsp3) is 0.192. The Morgan fingerprint density at radius 3 is 2.56 bits per heavy atom. The molecule has 1 saturated heterocycles. The van der Waals surface area contributed by atoms with Crippen LogP contribution in [0.3, 0.4) is 0 Å². The van der Waals surface area contributed by atoms with Crippen molar-refractivity contribution < 1.29 is 9.59 Å². The van der Waals surface area contributed by atoms with Gasteiger partial charge in [0, 0.05) is 36.3 Å². The number of hydrogen-bond donors (Lipinski definition) is 1. The molecule has 5 rings (SSSR count). The predicted octanol–water partition coefficient (Wildman–Crippen LogP) is 5.65. The minimum Gasteiger partial charge on any atom is -0.338 e. The van der Waals surface area contributed by atoms with E-state index in [9.17, 15) is 9.59 Å². The number of thiazole rings is 1. The summed E-state index contributed by atoms with van der Waals surface area (Å²) in [5.74, 6) is 0.0493. The van der Waals surface area contributed by atoms with Crippen molar-refractivity contribution in [3.8, 4) is 10.6 Å². The first-order valence-corrected chi connectivity index (χ1v) is 11.5. The van der Waals surface area contributed by atoms with Crippen molar-refractivity contribution in [1.82, 2.24) is 9.88 Å². The Morgan fingerprint density at radius 1 is 1.06 bits per heavy atom. The molecule has 32 heavy (non-hydrogen) atoms. The van der Waals surface area contributed by atoms with Crippen molar-refractivity contribution in [2.75, 3.05) is 11.9 Å². The molecule has 0 bridgehead atoms. The highest BCUT2D eigenvalue weighted by Gasteiger charge is 2.20. The van der Waals surface area contributed by atoms with Gasteiger partial charge in [-0.05, 0) is 73.0 Å². The second-order valence-corrected chi connectivity index (χ2v) is 9.17. The van der Waals surface area contributed by atoms with Crippen LogP contribution in [0, 0.1) is 6.92 Å². The molecular formula is C26H23N3O2S. The minimum absolute atomic E-state index is 0.156. The first-order valence-electron chi connectivity index (χ1n) is 10.7. The average molecular weight is 442 g/mol. The van der Waals surface area contributed by atoms with E-state index in [2.05, 4.69) is 24.4 Å². The van der Waals surface area contributed by atoms with E-state index in [1.165, 1.54) is 10.3 Å². The molecule has 0 aliphatic carbocycles. The highest BCUT2D eigenvalue weighted by molar-refractivity contribution is 7.21. The van der Waals surface area contributed by atoms with Crippen molar-refractivity contribution in [2.24, 2.45) is 0 Å². The summed E-state index contributed by atoms with van der Waals surface area (Å²) >= 11 is 1.67. The third kappa shape index (κ3) is 4.27. The summed E-state index contributed by atoms with van der Waals surface area (Å²) in [6.45, 7) is 3.50. The number of aromatic nitrogens is 1. The Morgan fingerprint density at radius 2 is 1.84 bits per heavy atom. The van der Waals surface area contributed by atoms with Gasteiger partial charge in [0.05, 0.1) is 10.2 Å². The Hall–Kier alpha value is -3.51. The van der Waals surface area contributed by atoms with Crippen molar-refractivity contribution in [2.45, 2.75) is 26.3 Å². The van der Waals surface area contributed by atoms with Gasteiger partial charge in [-0.15, -0.1) is 11.3 Å². The van der Waals surface area contributed by atoms with Gasteiger partial charge in [-0.3, -0.25) is 9.59 Å². The molecule has 0 atom stereocenters. The van der Waals surface area contributed by atoms with E-state index >= 15 is 0 Å². The second kappa shape index (κ2) is 8.55. The van der Waals surface area contributed by atoms with Gasteiger partial charge in [0.15, 0.2) is 0 Å². The number of carbonyl (C=O) groups is 2. The standard InChI is InChI=1S/C26H23N3O2S/c1-17-4-13-22-23(15-17)32-26(28-22)20-9-11-21(12-10-20)27-25(31)19-7-5-18(6-8-19)16-29-14-2-3-24(29)30/h4-13,15H,2-3,14,16H2,1H3,(H,27,31). The maximum atomic E-state index is 12.6. The van der Waals surface area contributed by atoms with Crippen molar-refractivity contribution in [3.63, 3.8) is 0 Å². The van der Waals surface area contributed by atoms with Gasteiger partial charge in [0.2, 0.25) is 5.91 Å². The Bertz CT molecular complexity index is 1290. The molecule has 0 radical (unpaired) electrons. The topological polar surface area (TPSA) is 62.3 Å². The van der Waals surface area contributed by atoms with Crippen LogP contribution in [0.25, 0.3) is 20.8 Å². The van der Waals surface area contributed by atoms with Crippen molar-refractivity contribution in [3.05, 3.63) is 83.4 Å². The minimum atomic E-state index is -0.156. The zero-order valence-electron chi connectivity index (χ0n) is 17.8. The molecule has 4 aromatic rings. The first-order chi connectivity index (χ1) is 15.5. The van der Waals surface area contributed by atoms with E-state index in [1.54, 1.807) is 11.3 Å². The quantitative estimate of drug-likeness (QED) is 0.436. The van der Waals surface area contributed by atoms with E-state index < -0.39 is 0 Å². The third-order valence-corrected chi connectivity index (χ3v) is 6.76. The maximum Gasteiger partial charge on any atom is 0.255 e. The summed E-state index contributed by atoms with van der Waals surface area (Å²) in [4.78, 5) is 31.0. The fourth-order valence-corrected chi connectivity index (χ4v) is 4.98. The lowest BCUT2D eigenvalue weighted by Gasteiger charge is -2.15. The third-order valence-electron chi connectivity index (χ3n) is 5.69. The molecule has 0 spiro atoms. The molecule has 1 aromatic heterocycles. The first kappa shape index (κ1) is 20.4. The Labute approximate surface area is 190 Å². The number of carbonyl (C=O) groups excluding carboxylic acids is 2. The molecule has 2 heterocycles. The molecule has 1 aliphatic rings. The second-order valence-electron chi connectivity index (χ2n) is 8.14. The molecule has 3 aromatic carbocycles. The number of amides is 2. The maximum absolute atomic E-state index is 12.6. The van der Waals surface area contributed by atoms with Crippen molar-refractivity contribution >= 4 is 39.1 Å². The van der Waals surface area contributed by atoms with Crippen LogP contribution in [0.15, 0.2) is 66.7 Å². The number of aryl methyl sites for hydroxylation is 1. The SMILES string of the molecule is Cc1ccc2nc(-c3ccc(NC(=O)c4ccc(CN5CCCC5=O)cc4)cc3)sc2c1. The number of benzene rings is 3. The normalized spacial score (nSPS) is 13.7. The van der Waals surface area contributed by atoms with Crippen LogP contribution in [0.4, 0.5) is 5.69 Å². The highest BCUT2D eigenvalue weighted by Crippen LogP contribution is 2.31. The van der Waals surface area contributed by atoms with Gasteiger partial charge >= 0.3 is 0 Å². The lowest BCUT2D eigenvalue weighted by molar-refractivity contribution is -0.128. The molecule has 1 N–H and O–H groups in total. The summed E-state index contributed by atoms with van der Waals surface area (Å²) in [6.07, 6.45) is 1.56. The van der Waals surface area contributed by atoms with Crippen molar-refractivity contribution in [1.29, 1.82) is 0 Å². The number of likely N-dealkylation sites (tertiary alicyclic amines) is 1. The molecule has 5 nitrogen and oxygen atoms in total. The van der Waals surface area contributed by atoms with Gasteiger partial charge in [-0.1, -0.05) is 18.2 Å². The Kier molecular flexibility index (Phi) is 5.45. The van der Waals surface area contributed by atoms with E-state index in [1.807, 2.05) is 59.5 Å². The molecule has 160 valence electrons. The van der Waals surface area contributed by atoms with E-state index in [4.69, 9.17) is 4.98 Å². The lowest BCUT2D eigenvalue weighted by Crippen LogP contribution is -2.23. The fourth-order valence-electron chi connectivity index (χ4n) is 3.91. The zero-order valence-corrected chi connectivity index (χ0v) is 18.6. The molecule has 1 aliphatic heterocycles. The van der Waals surface area contributed by atoms with Gasteiger partial charge in [-0.2, -0.15) is 0 Å². The van der Waals surface area contributed by atoms with Gasteiger partial charge in [0.25, 0.3) is 5.91 Å². The highest BCUT2D eigenvalue weighted by atomic mass is 32.1. The molecule has 1 fully saturated rings. The molecular weight excluding hydrogens is 418 g/mol. The van der Waals surface area contributed by atoms with E-state index in [0.29, 0.717) is 18.5 Å². The number of nitrogens with zero attached hydrogens (tertiary/aromatic N) is 2. The van der Waals surface area contributed by atoms with Crippen LogP contribution in [-0.2, 0) is 11.3 Å². The van der Waals surface area contributed by atoms with Crippen LogP contribution >= 0.6 is 11.3 Å². The number of hydrogen-bond acceptors (Lipinski definition) is 4. The summed E-state index contributed by atoms with van der Waals surface area (Å²) < 4.78 is 1.18. The van der Waals surface area contributed by atoms with Gasteiger partial charge in [0.1, 0.15) is 5.01 Å². The molecule has 2 amide bonds. The zero-order chi connectivity index (χ0) is 22.1. The van der Waals surface area contributed by atoms with E-state index in [-0.39, 0.29) is 11.8 Å². The van der Waals surface area contributed by atoms with Crippen LogP contribution in [0.2, 0.25) is 0 Å². The average Bonchev–Trinajstić information content (AvgIpc) is 3.40. The Balaban J connectivity index is 1.24. The lowest BCUT2D eigenvalue weighted by atomic mass is 10.1. The predicted molar refractivity (Wildman–Crippen MR) is 129 cm³/mol. The molecule has 0 unspecified atom stereocenters. The van der Waals surface area contributed by atoms with Gasteiger partial charge in [-0.25, -0.2) is 4.98 Å². The smallest absolute Gasteiger partial charge is 0.255 e. The van der Waals surface area contributed by atoms with Crippen LogP contribution in [-0.4, -0.2) is 28.2 Å².